The highest BCUT2D eigenvalue weighted by Gasteiger charge is 2.18. The molecule has 6 nitrogen and oxygen atoms in total. The Balaban J connectivity index is 1.54. The van der Waals surface area contributed by atoms with Crippen molar-refractivity contribution in [3.05, 3.63) is 58.1 Å². The van der Waals surface area contributed by atoms with Gasteiger partial charge in [-0.25, -0.2) is 0 Å². The van der Waals surface area contributed by atoms with Crippen LogP contribution in [0.4, 0.5) is 5.69 Å². The number of ether oxygens (including phenoxy) is 1. The standard InChI is InChI=1S/C19H19ClN2O4/c1-11-2-4-14(9-15(11)20)22-19(25)18(24)21-10-16(23)12-3-5-17-13(8-12)6-7-26-17/h2-5,8-9,16,23H,6-7,10H2,1H3,(H,21,24)(H,22,25). The number of carbonyl (C=O) groups is 2. The molecule has 1 unspecified atom stereocenters. The Bertz CT molecular complexity index is 853. The molecule has 0 saturated carbocycles. The zero-order valence-electron chi connectivity index (χ0n) is 14.2. The van der Waals surface area contributed by atoms with Crippen LogP contribution in [0, 0.1) is 6.92 Å². The quantitative estimate of drug-likeness (QED) is 0.717. The normalized spacial score (nSPS) is 13.5. The van der Waals surface area contributed by atoms with Crippen molar-refractivity contribution in [2.45, 2.75) is 19.4 Å². The minimum atomic E-state index is -0.911. The largest absolute Gasteiger partial charge is 0.493 e. The molecule has 0 fully saturated rings. The Kier molecular flexibility index (Phi) is 5.44. The first-order valence-corrected chi connectivity index (χ1v) is 8.61. The zero-order chi connectivity index (χ0) is 18.7. The molecule has 7 heteroatoms. The SMILES string of the molecule is Cc1ccc(NC(=O)C(=O)NCC(O)c2ccc3c(c2)CCO3)cc1Cl. The summed E-state index contributed by atoms with van der Waals surface area (Å²) < 4.78 is 5.42. The van der Waals surface area contributed by atoms with E-state index in [0.717, 1.165) is 23.3 Å². The highest BCUT2D eigenvalue weighted by Crippen LogP contribution is 2.28. The van der Waals surface area contributed by atoms with E-state index >= 15 is 0 Å². The number of benzene rings is 2. The first-order valence-electron chi connectivity index (χ1n) is 8.23. The molecule has 1 heterocycles. The number of aryl methyl sites for hydroxylation is 1. The van der Waals surface area contributed by atoms with Gasteiger partial charge in [-0.05, 0) is 47.9 Å². The highest BCUT2D eigenvalue weighted by molar-refractivity contribution is 6.39. The third-order valence-corrected chi connectivity index (χ3v) is 4.60. The average Bonchev–Trinajstić information content (AvgIpc) is 3.10. The number of rotatable bonds is 4. The van der Waals surface area contributed by atoms with Crippen LogP contribution in [0.1, 0.15) is 22.8 Å². The van der Waals surface area contributed by atoms with Crippen LogP contribution in [0.5, 0.6) is 5.75 Å². The summed E-state index contributed by atoms with van der Waals surface area (Å²) in [7, 11) is 0. The minimum Gasteiger partial charge on any atom is -0.493 e. The van der Waals surface area contributed by atoms with E-state index in [9.17, 15) is 14.7 Å². The predicted molar refractivity (Wildman–Crippen MR) is 98.4 cm³/mol. The van der Waals surface area contributed by atoms with Crippen LogP contribution >= 0.6 is 11.6 Å². The van der Waals surface area contributed by atoms with Crippen LogP contribution in [-0.4, -0.2) is 30.1 Å². The molecule has 3 rings (SSSR count). The maximum absolute atomic E-state index is 11.9. The number of hydrogen-bond acceptors (Lipinski definition) is 4. The number of anilines is 1. The number of fused-ring (bicyclic) bond motifs is 1. The minimum absolute atomic E-state index is 0.0689. The number of carbonyl (C=O) groups excluding carboxylic acids is 2. The van der Waals surface area contributed by atoms with Crippen LogP contribution in [0.15, 0.2) is 36.4 Å². The molecule has 0 aromatic heterocycles. The molecule has 0 radical (unpaired) electrons. The number of aliphatic hydroxyl groups excluding tert-OH is 1. The maximum atomic E-state index is 11.9. The molecule has 2 aromatic rings. The van der Waals surface area contributed by atoms with Crippen molar-refractivity contribution < 1.29 is 19.4 Å². The van der Waals surface area contributed by atoms with Crippen molar-refractivity contribution in [2.75, 3.05) is 18.5 Å². The molecule has 2 amide bonds. The van der Waals surface area contributed by atoms with E-state index in [4.69, 9.17) is 16.3 Å². The zero-order valence-corrected chi connectivity index (χ0v) is 15.0. The molecular formula is C19H19ClN2O4. The molecule has 1 atom stereocenters. The Morgan fingerprint density at radius 2 is 2.04 bits per heavy atom. The van der Waals surface area contributed by atoms with Gasteiger partial charge in [0.15, 0.2) is 0 Å². The van der Waals surface area contributed by atoms with Crippen LogP contribution < -0.4 is 15.4 Å². The molecular weight excluding hydrogens is 356 g/mol. The fourth-order valence-electron chi connectivity index (χ4n) is 2.66. The summed E-state index contributed by atoms with van der Waals surface area (Å²) >= 11 is 5.99. The van der Waals surface area contributed by atoms with Gasteiger partial charge in [0.25, 0.3) is 0 Å². The summed E-state index contributed by atoms with van der Waals surface area (Å²) in [5.74, 6) is -0.828. The van der Waals surface area contributed by atoms with Crippen molar-refractivity contribution in [1.29, 1.82) is 0 Å². The predicted octanol–water partition coefficient (Wildman–Crippen LogP) is 2.37. The number of aliphatic hydroxyl groups is 1. The maximum Gasteiger partial charge on any atom is 0.313 e. The van der Waals surface area contributed by atoms with Crippen LogP contribution in [0.3, 0.4) is 0 Å². The van der Waals surface area contributed by atoms with Gasteiger partial charge in [-0.3, -0.25) is 9.59 Å². The lowest BCUT2D eigenvalue weighted by Crippen LogP contribution is -2.37. The van der Waals surface area contributed by atoms with Crippen molar-refractivity contribution in [3.8, 4) is 5.75 Å². The summed E-state index contributed by atoms with van der Waals surface area (Å²) in [5, 5.41) is 15.6. The Hall–Kier alpha value is -2.57. The van der Waals surface area contributed by atoms with Gasteiger partial charge in [0.1, 0.15) is 5.75 Å². The topological polar surface area (TPSA) is 87.7 Å². The lowest BCUT2D eigenvalue weighted by atomic mass is 10.0. The Morgan fingerprint density at radius 3 is 2.81 bits per heavy atom. The van der Waals surface area contributed by atoms with E-state index in [2.05, 4.69) is 10.6 Å². The van der Waals surface area contributed by atoms with Crippen molar-refractivity contribution in [3.63, 3.8) is 0 Å². The smallest absolute Gasteiger partial charge is 0.313 e. The van der Waals surface area contributed by atoms with Crippen molar-refractivity contribution >= 4 is 29.1 Å². The molecule has 1 aliphatic heterocycles. The molecule has 0 aliphatic carbocycles. The van der Waals surface area contributed by atoms with Gasteiger partial charge in [0, 0.05) is 23.7 Å². The van der Waals surface area contributed by atoms with Gasteiger partial charge in [-0.15, -0.1) is 0 Å². The van der Waals surface area contributed by atoms with E-state index in [-0.39, 0.29) is 6.54 Å². The molecule has 1 aliphatic rings. The number of halogens is 1. The third kappa shape index (κ3) is 4.15. The summed E-state index contributed by atoms with van der Waals surface area (Å²) in [6, 6.07) is 10.4. The Morgan fingerprint density at radius 1 is 1.23 bits per heavy atom. The highest BCUT2D eigenvalue weighted by atomic mass is 35.5. The van der Waals surface area contributed by atoms with Crippen LogP contribution in [0.25, 0.3) is 0 Å². The summed E-state index contributed by atoms with van der Waals surface area (Å²) in [6.45, 7) is 2.41. The molecule has 0 spiro atoms. The van der Waals surface area contributed by atoms with Gasteiger partial charge in [-0.1, -0.05) is 23.7 Å². The number of hydrogen-bond donors (Lipinski definition) is 3. The number of nitrogens with one attached hydrogen (secondary N) is 2. The molecule has 136 valence electrons. The van der Waals surface area contributed by atoms with Crippen LogP contribution in [-0.2, 0) is 16.0 Å². The van der Waals surface area contributed by atoms with E-state index in [0.29, 0.717) is 22.9 Å². The third-order valence-electron chi connectivity index (χ3n) is 4.19. The van der Waals surface area contributed by atoms with Gasteiger partial charge >= 0.3 is 11.8 Å². The van der Waals surface area contributed by atoms with Crippen LogP contribution in [0.2, 0.25) is 5.02 Å². The van der Waals surface area contributed by atoms with E-state index in [1.807, 2.05) is 13.0 Å². The fourth-order valence-corrected chi connectivity index (χ4v) is 2.84. The average molecular weight is 375 g/mol. The summed E-state index contributed by atoms with van der Waals surface area (Å²) in [6.07, 6.45) is -0.115. The summed E-state index contributed by atoms with van der Waals surface area (Å²) in [5.41, 5.74) is 3.00. The van der Waals surface area contributed by atoms with E-state index < -0.39 is 17.9 Å². The second kappa shape index (κ2) is 7.76. The fraction of sp³-hybridized carbons (Fsp3) is 0.263. The molecule has 26 heavy (non-hydrogen) atoms. The Labute approximate surface area is 156 Å². The van der Waals surface area contributed by atoms with Gasteiger partial charge in [-0.2, -0.15) is 0 Å². The van der Waals surface area contributed by atoms with Crippen molar-refractivity contribution in [1.82, 2.24) is 5.32 Å². The molecule has 0 saturated heterocycles. The second-order valence-corrected chi connectivity index (χ2v) is 6.52. The molecule has 2 aromatic carbocycles. The lowest BCUT2D eigenvalue weighted by Gasteiger charge is -2.13. The molecule has 3 N–H and O–H groups in total. The van der Waals surface area contributed by atoms with Crippen molar-refractivity contribution in [2.24, 2.45) is 0 Å². The molecule has 0 bridgehead atoms. The van der Waals surface area contributed by atoms with Gasteiger partial charge in [0.2, 0.25) is 0 Å². The first kappa shape index (κ1) is 18.2. The first-order chi connectivity index (χ1) is 12.4. The number of amides is 2. The van der Waals surface area contributed by atoms with Gasteiger partial charge in [0.05, 0.1) is 12.7 Å². The lowest BCUT2D eigenvalue weighted by molar-refractivity contribution is -0.136. The second-order valence-electron chi connectivity index (χ2n) is 6.11. The van der Waals surface area contributed by atoms with E-state index in [1.165, 1.54) is 0 Å². The van der Waals surface area contributed by atoms with E-state index in [1.54, 1.807) is 30.3 Å². The summed E-state index contributed by atoms with van der Waals surface area (Å²) in [4.78, 5) is 23.9. The van der Waals surface area contributed by atoms with Gasteiger partial charge < -0.3 is 20.5 Å². The monoisotopic (exact) mass is 374 g/mol.